The average Bonchev–Trinajstić information content (AvgIpc) is 2.62. The van der Waals surface area contributed by atoms with E-state index in [-0.39, 0.29) is 5.54 Å². The fourth-order valence-corrected chi connectivity index (χ4v) is 1.66. The molecule has 15 heavy (non-hydrogen) atoms. The predicted octanol–water partition coefficient (Wildman–Crippen LogP) is 1.87. The van der Waals surface area contributed by atoms with Crippen molar-refractivity contribution in [2.24, 2.45) is 0 Å². The number of nitrogens with zero attached hydrogens (tertiary/aromatic N) is 2. The second-order valence-corrected chi connectivity index (χ2v) is 4.49. The highest BCUT2D eigenvalue weighted by Gasteiger charge is 2.17. The van der Waals surface area contributed by atoms with Crippen LogP contribution in [0.3, 0.4) is 0 Å². The van der Waals surface area contributed by atoms with Crippen LogP contribution in [-0.4, -0.2) is 22.0 Å². The van der Waals surface area contributed by atoms with Crippen LogP contribution in [0.2, 0.25) is 0 Å². The maximum Gasteiger partial charge on any atom is 0.136 e. The molecule has 0 aliphatic rings. The first-order valence-corrected chi connectivity index (χ1v) is 5.22. The van der Waals surface area contributed by atoms with Gasteiger partial charge in [-0.3, -0.25) is 0 Å². The molecular formula is C12H17N3. The van der Waals surface area contributed by atoms with Crippen molar-refractivity contribution in [2.75, 3.05) is 7.05 Å². The Hall–Kier alpha value is -1.35. The molecule has 0 aromatic carbocycles. The lowest BCUT2D eigenvalue weighted by atomic mass is 9.99. The number of imidazole rings is 1. The average molecular weight is 203 g/mol. The molecule has 2 heterocycles. The van der Waals surface area contributed by atoms with E-state index in [1.54, 1.807) is 0 Å². The van der Waals surface area contributed by atoms with Gasteiger partial charge in [-0.25, -0.2) is 4.98 Å². The van der Waals surface area contributed by atoms with E-state index in [0.717, 1.165) is 12.1 Å². The molecule has 80 valence electrons. The Morgan fingerprint density at radius 3 is 2.93 bits per heavy atom. The molecule has 0 bridgehead atoms. The number of hydrogen-bond donors (Lipinski definition) is 1. The number of fused-ring (bicyclic) bond motifs is 1. The van der Waals surface area contributed by atoms with Gasteiger partial charge < -0.3 is 9.72 Å². The van der Waals surface area contributed by atoms with Gasteiger partial charge in [0.25, 0.3) is 0 Å². The second-order valence-electron chi connectivity index (χ2n) is 4.49. The summed E-state index contributed by atoms with van der Waals surface area (Å²) in [6.07, 6.45) is 4.98. The molecule has 0 fully saturated rings. The van der Waals surface area contributed by atoms with Crippen LogP contribution in [0.5, 0.6) is 0 Å². The van der Waals surface area contributed by atoms with Crippen LogP contribution < -0.4 is 5.32 Å². The Balaban J connectivity index is 2.37. The summed E-state index contributed by atoms with van der Waals surface area (Å²) < 4.78 is 2.14. The third-order valence-corrected chi connectivity index (χ3v) is 2.79. The summed E-state index contributed by atoms with van der Waals surface area (Å²) in [4.78, 5) is 4.37. The molecule has 0 unspecified atom stereocenters. The van der Waals surface area contributed by atoms with E-state index in [1.165, 1.54) is 5.69 Å². The Kier molecular flexibility index (Phi) is 2.49. The minimum Gasteiger partial charge on any atom is -0.314 e. The summed E-state index contributed by atoms with van der Waals surface area (Å²) in [6.45, 7) is 4.38. The van der Waals surface area contributed by atoms with Crippen molar-refractivity contribution in [1.29, 1.82) is 0 Å². The summed E-state index contributed by atoms with van der Waals surface area (Å²) in [5, 5.41) is 3.30. The van der Waals surface area contributed by atoms with E-state index in [2.05, 4.69) is 34.7 Å². The van der Waals surface area contributed by atoms with Gasteiger partial charge in [0, 0.05) is 30.0 Å². The monoisotopic (exact) mass is 203 g/mol. The van der Waals surface area contributed by atoms with Crippen molar-refractivity contribution in [3.05, 3.63) is 36.3 Å². The molecule has 0 saturated carbocycles. The van der Waals surface area contributed by atoms with E-state index in [0.29, 0.717) is 0 Å². The van der Waals surface area contributed by atoms with Gasteiger partial charge >= 0.3 is 0 Å². The number of likely N-dealkylation sites (N-methyl/N-ethyl adjacent to an activating group) is 1. The van der Waals surface area contributed by atoms with E-state index in [1.807, 2.05) is 31.4 Å². The van der Waals surface area contributed by atoms with Crippen LogP contribution >= 0.6 is 0 Å². The number of rotatable bonds is 3. The van der Waals surface area contributed by atoms with Gasteiger partial charge in [-0.1, -0.05) is 6.07 Å². The first kappa shape index (κ1) is 10.2. The molecule has 3 nitrogen and oxygen atoms in total. The van der Waals surface area contributed by atoms with Gasteiger partial charge in [-0.2, -0.15) is 0 Å². The van der Waals surface area contributed by atoms with Crippen LogP contribution in [0.25, 0.3) is 5.65 Å². The molecule has 0 aliphatic heterocycles. The van der Waals surface area contributed by atoms with Crippen molar-refractivity contribution in [3.63, 3.8) is 0 Å². The van der Waals surface area contributed by atoms with Crippen molar-refractivity contribution in [3.8, 4) is 0 Å². The Bertz CT molecular complexity index is 457. The molecule has 1 N–H and O–H groups in total. The van der Waals surface area contributed by atoms with Crippen LogP contribution in [0.1, 0.15) is 19.5 Å². The highest BCUT2D eigenvalue weighted by molar-refractivity contribution is 5.40. The van der Waals surface area contributed by atoms with E-state index in [9.17, 15) is 0 Å². The molecule has 3 heteroatoms. The zero-order chi connectivity index (χ0) is 10.9. The summed E-state index contributed by atoms with van der Waals surface area (Å²) in [7, 11) is 1.99. The summed E-state index contributed by atoms with van der Waals surface area (Å²) in [6, 6.07) is 6.07. The first-order chi connectivity index (χ1) is 7.12. The van der Waals surface area contributed by atoms with E-state index >= 15 is 0 Å². The van der Waals surface area contributed by atoms with Crippen LogP contribution in [-0.2, 0) is 6.42 Å². The quantitative estimate of drug-likeness (QED) is 0.825. The Morgan fingerprint density at radius 2 is 2.20 bits per heavy atom. The Morgan fingerprint density at radius 1 is 1.40 bits per heavy atom. The normalized spacial score (nSPS) is 12.2. The van der Waals surface area contributed by atoms with Crippen LogP contribution in [0.15, 0.2) is 30.6 Å². The third kappa shape index (κ3) is 2.02. The lowest BCUT2D eigenvalue weighted by Crippen LogP contribution is -2.38. The summed E-state index contributed by atoms with van der Waals surface area (Å²) in [5.74, 6) is 0. The van der Waals surface area contributed by atoms with Gasteiger partial charge in [0.2, 0.25) is 0 Å². The van der Waals surface area contributed by atoms with Crippen molar-refractivity contribution >= 4 is 5.65 Å². The molecule has 2 aromatic heterocycles. The summed E-state index contributed by atoms with van der Waals surface area (Å²) in [5.41, 5.74) is 2.36. The molecule has 0 spiro atoms. The number of nitrogens with one attached hydrogen (secondary N) is 1. The molecule has 2 rings (SSSR count). The molecular weight excluding hydrogens is 186 g/mol. The van der Waals surface area contributed by atoms with E-state index in [4.69, 9.17) is 0 Å². The lowest BCUT2D eigenvalue weighted by molar-refractivity contribution is 0.417. The molecule has 0 amide bonds. The Labute approximate surface area is 90.1 Å². The number of aromatic nitrogens is 2. The highest BCUT2D eigenvalue weighted by Crippen LogP contribution is 2.13. The number of pyridine rings is 1. The lowest BCUT2D eigenvalue weighted by Gasteiger charge is -2.23. The van der Waals surface area contributed by atoms with Crippen molar-refractivity contribution in [1.82, 2.24) is 14.7 Å². The fraction of sp³-hybridized carbons (Fsp3) is 0.417. The maximum atomic E-state index is 4.37. The van der Waals surface area contributed by atoms with Crippen molar-refractivity contribution in [2.45, 2.75) is 25.8 Å². The van der Waals surface area contributed by atoms with Crippen molar-refractivity contribution < 1.29 is 0 Å². The van der Waals surface area contributed by atoms with Gasteiger partial charge in [0.05, 0.1) is 0 Å². The maximum absolute atomic E-state index is 4.37. The minimum absolute atomic E-state index is 0.103. The zero-order valence-electron chi connectivity index (χ0n) is 9.49. The topological polar surface area (TPSA) is 29.3 Å². The largest absolute Gasteiger partial charge is 0.314 e. The standard InChI is InChI=1S/C12H17N3/c1-12(2,13-3)8-10-9-14-11-6-4-5-7-15(10)11/h4-7,9,13H,8H2,1-3H3. The summed E-state index contributed by atoms with van der Waals surface area (Å²) >= 11 is 0. The minimum atomic E-state index is 0.103. The highest BCUT2D eigenvalue weighted by atomic mass is 15.0. The van der Waals surface area contributed by atoms with E-state index < -0.39 is 0 Å². The predicted molar refractivity (Wildman–Crippen MR) is 62.0 cm³/mol. The fourth-order valence-electron chi connectivity index (χ4n) is 1.66. The van der Waals surface area contributed by atoms with Crippen LogP contribution in [0, 0.1) is 0 Å². The smallest absolute Gasteiger partial charge is 0.136 e. The van der Waals surface area contributed by atoms with Gasteiger partial charge in [-0.15, -0.1) is 0 Å². The van der Waals surface area contributed by atoms with Gasteiger partial charge in [-0.05, 0) is 33.0 Å². The van der Waals surface area contributed by atoms with Crippen LogP contribution in [0.4, 0.5) is 0 Å². The third-order valence-electron chi connectivity index (χ3n) is 2.79. The molecule has 0 radical (unpaired) electrons. The molecule has 2 aromatic rings. The van der Waals surface area contributed by atoms with Gasteiger partial charge in [0.15, 0.2) is 0 Å². The zero-order valence-corrected chi connectivity index (χ0v) is 9.49. The van der Waals surface area contributed by atoms with Gasteiger partial charge in [0.1, 0.15) is 5.65 Å². The molecule has 0 aliphatic carbocycles. The molecule has 0 saturated heterocycles. The molecule has 0 atom stereocenters. The second kappa shape index (κ2) is 3.66. The number of hydrogen-bond acceptors (Lipinski definition) is 2. The first-order valence-electron chi connectivity index (χ1n) is 5.22. The SMILES string of the molecule is CNC(C)(C)Cc1cnc2ccccn12.